The lowest BCUT2D eigenvalue weighted by atomic mass is 9.95. The summed E-state index contributed by atoms with van der Waals surface area (Å²) >= 11 is 1.88. The van der Waals surface area contributed by atoms with Crippen LogP contribution in [0.4, 0.5) is 4.79 Å². The van der Waals surface area contributed by atoms with Crippen LogP contribution in [0.5, 0.6) is 0 Å². The Kier molecular flexibility index (Phi) is 6.48. The average molecular weight is 288 g/mol. The van der Waals surface area contributed by atoms with Crippen LogP contribution in [0.2, 0.25) is 0 Å². The minimum atomic E-state index is -0.990. The molecule has 19 heavy (non-hydrogen) atoms. The monoisotopic (exact) mass is 288 g/mol. The molecule has 0 aromatic heterocycles. The first-order valence-corrected chi connectivity index (χ1v) is 8.05. The lowest BCUT2D eigenvalue weighted by Crippen LogP contribution is -2.51. The van der Waals surface area contributed by atoms with Crippen molar-refractivity contribution in [2.45, 2.75) is 56.9 Å². The third-order valence-electron chi connectivity index (χ3n) is 3.56. The number of carboxylic acid groups (broad SMARTS) is 1. The van der Waals surface area contributed by atoms with Gasteiger partial charge in [-0.3, -0.25) is 0 Å². The fraction of sp³-hybridized carbons (Fsp3) is 0.846. The van der Waals surface area contributed by atoms with E-state index in [4.69, 9.17) is 5.11 Å². The van der Waals surface area contributed by atoms with Crippen LogP contribution in [-0.4, -0.2) is 40.7 Å². The van der Waals surface area contributed by atoms with Crippen LogP contribution in [0.1, 0.15) is 39.5 Å². The zero-order valence-corrected chi connectivity index (χ0v) is 12.6. The summed E-state index contributed by atoms with van der Waals surface area (Å²) < 4.78 is 0. The quantitative estimate of drug-likeness (QED) is 0.723. The van der Waals surface area contributed by atoms with E-state index in [1.165, 1.54) is 0 Å². The molecular weight excluding hydrogens is 264 g/mol. The molecule has 3 N–H and O–H groups in total. The lowest BCUT2D eigenvalue weighted by molar-refractivity contribution is -0.140. The van der Waals surface area contributed by atoms with E-state index in [-0.39, 0.29) is 18.0 Å². The Hall–Kier alpha value is -0.910. The van der Waals surface area contributed by atoms with Crippen LogP contribution in [-0.2, 0) is 4.79 Å². The van der Waals surface area contributed by atoms with Crippen molar-refractivity contribution >= 4 is 23.8 Å². The number of nitrogens with one attached hydrogen (secondary N) is 2. The average Bonchev–Trinajstić information content (AvgIpc) is 2.36. The van der Waals surface area contributed by atoms with Crippen LogP contribution in [0.15, 0.2) is 0 Å². The molecule has 0 radical (unpaired) electrons. The zero-order chi connectivity index (χ0) is 14.4. The van der Waals surface area contributed by atoms with Crippen molar-refractivity contribution in [2.75, 3.05) is 6.26 Å². The van der Waals surface area contributed by atoms with E-state index in [9.17, 15) is 9.59 Å². The Morgan fingerprint density at radius 3 is 2.21 bits per heavy atom. The minimum absolute atomic E-state index is 0.129. The normalized spacial score (nSPS) is 24.8. The number of amides is 2. The SMILES string of the molecule is CSC1CCC(NC(=O)N[C@@H](C(=O)O)C(C)C)CC1. The standard InChI is InChI=1S/C13H24N2O3S/c1-8(2)11(12(16)17)15-13(18)14-9-4-6-10(19-3)7-5-9/h8-11H,4-7H2,1-3H3,(H,16,17)(H2,14,15,18)/t9?,10?,11-/m1/s1. The minimum Gasteiger partial charge on any atom is -0.480 e. The molecule has 0 unspecified atom stereocenters. The van der Waals surface area contributed by atoms with Gasteiger partial charge in [0.25, 0.3) is 0 Å². The number of hydrogen-bond acceptors (Lipinski definition) is 3. The van der Waals surface area contributed by atoms with Gasteiger partial charge in [-0.15, -0.1) is 0 Å². The molecule has 1 aliphatic rings. The molecule has 0 bridgehead atoms. The van der Waals surface area contributed by atoms with Gasteiger partial charge in [-0.2, -0.15) is 11.8 Å². The van der Waals surface area contributed by atoms with Crippen LogP contribution >= 0.6 is 11.8 Å². The topological polar surface area (TPSA) is 78.4 Å². The van der Waals surface area contributed by atoms with Gasteiger partial charge < -0.3 is 15.7 Å². The maximum atomic E-state index is 11.8. The molecule has 5 nitrogen and oxygen atoms in total. The van der Waals surface area contributed by atoms with E-state index < -0.39 is 12.0 Å². The van der Waals surface area contributed by atoms with E-state index in [1.807, 2.05) is 11.8 Å². The smallest absolute Gasteiger partial charge is 0.326 e. The largest absolute Gasteiger partial charge is 0.480 e. The summed E-state index contributed by atoms with van der Waals surface area (Å²) in [4.78, 5) is 22.8. The number of carbonyl (C=O) groups excluding carboxylic acids is 1. The zero-order valence-electron chi connectivity index (χ0n) is 11.8. The summed E-state index contributed by atoms with van der Waals surface area (Å²) in [6, 6.07) is -1.03. The predicted molar refractivity (Wildman–Crippen MR) is 77.5 cm³/mol. The maximum absolute atomic E-state index is 11.8. The number of hydrogen-bond donors (Lipinski definition) is 3. The fourth-order valence-corrected chi connectivity index (χ4v) is 3.07. The second kappa shape index (κ2) is 7.62. The van der Waals surface area contributed by atoms with Crippen LogP contribution < -0.4 is 10.6 Å². The van der Waals surface area contributed by atoms with E-state index in [0.717, 1.165) is 25.7 Å². The van der Waals surface area contributed by atoms with Crippen molar-refractivity contribution in [1.82, 2.24) is 10.6 Å². The van der Waals surface area contributed by atoms with Gasteiger partial charge in [0.2, 0.25) is 0 Å². The Morgan fingerprint density at radius 2 is 1.79 bits per heavy atom. The van der Waals surface area contributed by atoms with Crippen molar-refractivity contribution in [3.8, 4) is 0 Å². The van der Waals surface area contributed by atoms with Gasteiger partial charge in [0.05, 0.1) is 0 Å². The third-order valence-corrected chi connectivity index (χ3v) is 4.70. The fourth-order valence-electron chi connectivity index (χ4n) is 2.32. The predicted octanol–water partition coefficient (Wildman–Crippen LogP) is 2.07. The highest BCUT2D eigenvalue weighted by molar-refractivity contribution is 7.99. The summed E-state index contributed by atoms with van der Waals surface area (Å²) in [6.45, 7) is 3.56. The van der Waals surface area contributed by atoms with Crippen LogP contribution in [0.25, 0.3) is 0 Å². The summed E-state index contributed by atoms with van der Waals surface area (Å²) in [6.07, 6.45) is 6.28. The van der Waals surface area contributed by atoms with Gasteiger partial charge in [0.15, 0.2) is 0 Å². The van der Waals surface area contributed by atoms with Crippen molar-refractivity contribution in [1.29, 1.82) is 0 Å². The van der Waals surface area contributed by atoms with Gasteiger partial charge in [0.1, 0.15) is 6.04 Å². The molecule has 0 saturated heterocycles. The van der Waals surface area contributed by atoms with E-state index in [1.54, 1.807) is 13.8 Å². The molecule has 110 valence electrons. The van der Waals surface area contributed by atoms with Crippen molar-refractivity contribution in [3.05, 3.63) is 0 Å². The van der Waals surface area contributed by atoms with Crippen molar-refractivity contribution in [2.24, 2.45) is 5.92 Å². The first-order chi connectivity index (χ1) is 8.93. The first-order valence-electron chi connectivity index (χ1n) is 6.76. The first kappa shape index (κ1) is 16.1. The second-order valence-corrected chi connectivity index (χ2v) is 6.53. The molecule has 0 spiro atoms. The molecule has 2 amide bonds. The molecule has 0 aromatic carbocycles. The maximum Gasteiger partial charge on any atom is 0.326 e. The molecular formula is C13H24N2O3S. The molecule has 6 heteroatoms. The second-order valence-electron chi connectivity index (χ2n) is 5.39. The molecule has 1 aliphatic carbocycles. The van der Waals surface area contributed by atoms with Gasteiger partial charge in [0, 0.05) is 11.3 Å². The number of carbonyl (C=O) groups is 2. The Morgan fingerprint density at radius 1 is 1.21 bits per heavy atom. The summed E-state index contributed by atoms with van der Waals surface area (Å²) in [5.74, 6) is -1.12. The van der Waals surface area contributed by atoms with Crippen LogP contribution in [0.3, 0.4) is 0 Å². The van der Waals surface area contributed by atoms with E-state index in [2.05, 4.69) is 16.9 Å². The highest BCUT2D eigenvalue weighted by atomic mass is 32.2. The summed E-state index contributed by atoms with van der Waals surface area (Å²) in [7, 11) is 0. The number of thioether (sulfide) groups is 1. The molecule has 1 atom stereocenters. The van der Waals surface area contributed by atoms with Crippen molar-refractivity contribution in [3.63, 3.8) is 0 Å². The molecule has 1 fully saturated rings. The number of aliphatic carboxylic acids is 1. The molecule has 1 rings (SSSR count). The van der Waals surface area contributed by atoms with Crippen LogP contribution in [0, 0.1) is 5.92 Å². The number of urea groups is 1. The molecule has 0 aromatic rings. The Bertz CT molecular complexity index is 315. The summed E-state index contributed by atoms with van der Waals surface area (Å²) in [5.41, 5.74) is 0. The van der Waals surface area contributed by atoms with E-state index in [0.29, 0.717) is 5.25 Å². The van der Waals surface area contributed by atoms with Gasteiger partial charge in [-0.05, 0) is 37.9 Å². The van der Waals surface area contributed by atoms with Crippen molar-refractivity contribution < 1.29 is 14.7 Å². The lowest BCUT2D eigenvalue weighted by Gasteiger charge is -2.28. The van der Waals surface area contributed by atoms with Gasteiger partial charge in [-0.1, -0.05) is 13.8 Å². The third kappa shape index (κ3) is 5.30. The molecule has 0 aliphatic heterocycles. The molecule has 0 heterocycles. The highest BCUT2D eigenvalue weighted by Crippen LogP contribution is 2.26. The van der Waals surface area contributed by atoms with Gasteiger partial charge in [-0.25, -0.2) is 9.59 Å². The van der Waals surface area contributed by atoms with E-state index >= 15 is 0 Å². The summed E-state index contributed by atoms with van der Waals surface area (Å²) in [5, 5.41) is 15.1. The molecule has 1 saturated carbocycles. The Labute approximate surface area is 118 Å². The number of rotatable bonds is 5. The highest BCUT2D eigenvalue weighted by Gasteiger charge is 2.26. The number of carboxylic acids is 1. The van der Waals surface area contributed by atoms with Gasteiger partial charge >= 0.3 is 12.0 Å². The Balaban J connectivity index is 2.37.